The molecule has 6 nitrogen and oxygen atoms in total. The Labute approximate surface area is 136 Å². The van der Waals surface area contributed by atoms with Gasteiger partial charge in [0.15, 0.2) is 0 Å². The van der Waals surface area contributed by atoms with Crippen molar-refractivity contribution in [3.8, 4) is 0 Å². The Morgan fingerprint density at radius 1 is 1.22 bits per heavy atom. The van der Waals surface area contributed by atoms with Gasteiger partial charge in [0.2, 0.25) is 12.3 Å². The molecule has 23 heavy (non-hydrogen) atoms. The number of likely N-dealkylation sites (N-methyl/N-ethyl adjacent to an activating group) is 2. The summed E-state index contributed by atoms with van der Waals surface area (Å²) in [4.78, 5) is 38.6. The Morgan fingerprint density at radius 2 is 1.87 bits per heavy atom. The first-order chi connectivity index (χ1) is 10.9. The lowest BCUT2D eigenvalue weighted by Gasteiger charge is -2.55. The highest BCUT2D eigenvalue weighted by Crippen LogP contribution is 2.47. The minimum Gasteiger partial charge on any atom is -0.358 e. The highest BCUT2D eigenvalue weighted by Gasteiger charge is 2.60. The van der Waals surface area contributed by atoms with Crippen LogP contribution in [0, 0.1) is 5.92 Å². The number of allylic oxidation sites excluding steroid dienone is 4. The SMILES string of the molecule is C\C=C/C=C(\C(=C/C)N(C)C=O)N(C)C12CC(C1)C(=O)NC2=O. The maximum absolute atomic E-state index is 12.4. The van der Waals surface area contributed by atoms with Gasteiger partial charge >= 0.3 is 0 Å². The van der Waals surface area contributed by atoms with Crippen molar-refractivity contribution >= 4 is 18.2 Å². The van der Waals surface area contributed by atoms with E-state index >= 15 is 0 Å². The summed E-state index contributed by atoms with van der Waals surface area (Å²) in [5.41, 5.74) is 0.760. The van der Waals surface area contributed by atoms with Gasteiger partial charge in [-0.25, -0.2) is 0 Å². The summed E-state index contributed by atoms with van der Waals surface area (Å²) in [6.45, 7) is 3.74. The zero-order chi connectivity index (χ0) is 17.2. The summed E-state index contributed by atoms with van der Waals surface area (Å²) in [5.74, 6) is -0.542. The first-order valence-electron chi connectivity index (χ1n) is 7.68. The van der Waals surface area contributed by atoms with Gasteiger partial charge in [0, 0.05) is 20.0 Å². The predicted molar refractivity (Wildman–Crippen MR) is 86.8 cm³/mol. The Hall–Kier alpha value is -2.37. The molecule has 0 atom stereocenters. The molecule has 3 amide bonds. The van der Waals surface area contributed by atoms with Crippen molar-refractivity contribution in [3.63, 3.8) is 0 Å². The largest absolute Gasteiger partial charge is 0.358 e. The summed E-state index contributed by atoms with van der Waals surface area (Å²) in [5, 5.41) is 2.44. The van der Waals surface area contributed by atoms with E-state index in [1.165, 1.54) is 4.90 Å². The third kappa shape index (κ3) is 2.69. The van der Waals surface area contributed by atoms with E-state index in [2.05, 4.69) is 5.32 Å². The molecule has 124 valence electrons. The topological polar surface area (TPSA) is 69.7 Å². The highest BCUT2D eigenvalue weighted by atomic mass is 16.2. The quantitative estimate of drug-likeness (QED) is 0.454. The fourth-order valence-corrected chi connectivity index (χ4v) is 3.26. The van der Waals surface area contributed by atoms with Gasteiger partial charge in [-0.1, -0.05) is 18.2 Å². The summed E-state index contributed by atoms with van der Waals surface area (Å²) in [7, 11) is 3.51. The van der Waals surface area contributed by atoms with Gasteiger partial charge in [-0.3, -0.25) is 19.7 Å². The number of hydrogen-bond donors (Lipinski definition) is 1. The minimum atomic E-state index is -0.718. The number of amides is 3. The van der Waals surface area contributed by atoms with Gasteiger partial charge in [-0.2, -0.15) is 0 Å². The van der Waals surface area contributed by atoms with Gasteiger partial charge in [-0.15, -0.1) is 0 Å². The molecule has 0 spiro atoms. The Balaban J connectivity index is 2.39. The molecule has 1 N–H and O–H groups in total. The average Bonchev–Trinajstić information content (AvgIpc) is 2.48. The predicted octanol–water partition coefficient (Wildman–Crippen LogP) is 1.18. The molecular formula is C17H23N3O3. The first-order valence-corrected chi connectivity index (χ1v) is 7.68. The minimum absolute atomic E-state index is 0.101. The van der Waals surface area contributed by atoms with Crippen molar-refractivity contribution in [2.45, 2.75) is 32.2 Å². The maximum Gasteiger partial charge on any atom is 0.252 e. The van der Waals surface area contributed by atoms with E-state index in [-0.39, 0.29) is 17.7 Å². The molecular weight excluding hydrogens is 294 g/mol. The van der Waals surface area contributed by atoms with Crippen LogP contribution in [-0.4, -0.2) is 47.7 Å². The van der Waals surface area contributed by atoms with Crippen LogP contribution in [-0.2, 0) is 14.4 Å². The van der Waals surface area contributed by atoms with Crippen molar-refractivity contribution in [1.29, 1.82) is 0 Å². The van der Waals surface area contributed by atoms with Crippen LogP contribution in [0.15, 0.2) is 35.7 Å². The van der Waals surface area contributed by atoms with Gasteiger partial charge in [0.25, 0.3) is 5.91 Å². The van der Waals surface area contributed by atoms with E-state index in [4.69, 9.17) is 0 Å². The van der Waals surface area contributed by atoms with E-state index in [0.29, 0.717) is 18.5 Å². The normalized spacial score (nSPS) is 27.6. The van der Waals surface area contributed by atoms with Crippen molar-refractivity contribution in [1.82, 2.24) is 15.1 Å². The van der Waals surface area contributed by atoms with Crippen LogP contribution in [0.4, 0.5) is 0 Å². The second kappa shape index (κ2) is 6.40. The Morgan fingerprint density at radius 3 is 2.35 bits per heavy atom. The van der Waals surface area contributed by atoms with Gasteiger partial charge in [-0.05, 0) is 32.8 Å². The average molecular weight is 317 g/mol. The molecule has 0 radical (unpaired) electrons. The number of carbonyl (C=O) groups excluding carboxylic acids is 3. The number of fused-ring (bicyclic) bond motifs is 2. The van der Waals surface area contributed by atoms with Crippen molar-refractivity contribution in [2.24, 2.45) is 5.92 Å². The number of nitrogens with zero attached hydrogens (tertiary/aromatic N) is 2. The van der Waals surface area contributed by atoms with Crippen molar-refractivity contribution < 1.29 is 14.4 Å². The molecule has 3 fully saturated rings. The second-order valence-electron chi connectivity index (χ2n) is 5.98. The van der Waals surface area contributed by atoms with Crippen LogP contribution < -0.4 is 5.32 Å². The van der Waals surface area contributed by atoms with Crippen molar-refractivity contribution in [3.05, 3.63) is 35.7 Å². The van der Waals surface area contributed by atoms with E-state index in [1.807, 2.05) is 50.1 Å². The highest BCUT2D eigenvalue weighted by molar-refractivity contribution is 6.07. The molecule has 2 saturated heterocycles. The van der Waals surface area contributed by atoms with Gasteiger partial charge in [0.1, 0.15) is 5.54 Å². The summed E-state index contributed by atoms with van der Waals surface area (Å²) in [6.07, 6.45) is 9.23. The van der Waals surface area contributed by atoms with Gasteiger partial charge < -0.3 is 9.80 Å². The zero-order valence-corrected chi connectivity index (χ0v) is 14.0. The van der Waals surface area contributed by atoms with Crippen LogP contribution in [0.3, 0.4) is 0 Å². The van der Waals surface area contributed by atoms with Crippen LogP contribution >= 0.6 is 0 Å². The molecule has 1 saturated carbocycles. The number of imide groups is 1. The number of rotatable bonds is 6. The summed E-state index contributed by atoms with van der Waals surface area (Å²) < 4.78 is 0. The summed E-state index contributed by atoms with van der Waals surface area (Å²) >= 11 is 0. The van der Waals surface area contributed by atoms with Gasteiger partial charge in [0.05, 0.1) is 11.4 Å². The molecule has 0 unspecified atom stereocenters. The molecule has 2 bridgehead atoms. The monoisotopic (exact) mass is 317 g/mol. The Bertz CT molecular complexity index is 613. The molecule has 6 heteroatoms. The molecule has 3 rings (SSSR count). The van der Waals surface area contributed by atoms with Crippen LogP contribution in [0.25, 0.3) is 0 Å². The molecule has 2 heterocycles. The molecule has 3 aliphatic rings. The first kappa shape index (κ1) is 17.0. The number of piperidine rings is 2. The second-order valence-corrected chi connectivity index (χ2v) is 5.98. The van der Waals surface area contributed by atoms with Crippen LogP contribution in [0.1, 0.15) is 26.7 Å². The third-order valence-corrected chi connectivity index (χ3v) is 4.72. The zero-order valence-electron chi connectivity index (χ0n) is 14.0. The number of carbonyl (C=O) groups is 3. The van der Waals surface area contributed by atoms with E-state index in [1.54, 1.807) is 7.05 Å². The molecule has 1 aliphatic carbocycles. The molecule has 0 aromatic carbocycles. The fraction of sp³-hybridized carbons (Fsp3) is 0.471. The standard InChI is InChI=1S/C17H23N3O3/c1-5-7-8-14(13(6-2)19(3)11-21)20(4)17-9-12(10-17)15(22)18-16(17)23/h5-8,11-12H,9-10H2,1-4H3,(H,18,22,23)/b7-5-,13-6+,14-8+. The molecule has 0 aromatic rings. The van der Waals surface area contributed by atoms with E-state index in [9.17, 15) is 14.4 Å². The smallest absolute Gasteiger partial charge is 0.252 e. The Kier molecular flexibility index (Phi) is 4.73. The van der Waals surface area contributed by atoms with E-state index < -0.39 is 5.54 Å². The lowest BCUT2D eigenvalue weighted by atomic mass is 9.63. The third-order valence-electron chi connectivity index (χ3n) is 4.72. The number of hydrogen-bond acceptors (Lipinski definition) is 4. The lowest BCUT2D eigenvalue weighted by molar-refractivity contribution is -0.159. The number of nitrogens with one attached hydrogen (secondary N) is 1. The molecule has 0 aromatic heterocycles. The lowest BCUT2D eigenvalue weighted by Crippen LogP contribution is -2.72. The summed E-state index contributed by atoms with van der Waals surface area (Å²) in [6, 6.07) is 0. The van der Waals surface area contributed by atoms with E-state index in [0.717, 1.165) is 12.1 Å². The van der Waals surface area contributed by atoms with Crippen LogP contribution in [0.2, 0.25) is 0 Å². The molecule has 2 aliphatic heterocycles. The fourth-order valence-electron chi connectivity index (χ4n) is 3.26. The van der Waals surface area contributed by atoms with Crippen LogP contribution in [0.5, 0.6) is 0 Å². The van der Waals surface area contributed by atoms with Crippen molar-refractivity contribution in [2.75, 3.05) is 14.1 Å². The maximum atomic E-state index is 12.4.